The maximum Gasteiger partial charge on any atom is 0.240 e. The van der Waals surface area contributed by atoms with Crippen LogP contribution in [0.2, 0.25) is 0 Å². The third-order valence-electron chi connectivity index (χ3n) is 2.83. The highest BCUT2D eigenvalue weighted by Gasteiger charge is 2.13. The molecule has 1 aromatic heterocycles. The summed E-state index contributed by atoms with van der Waals surface area (Å²) in [5, 5.41) is 0.704. The summed E-state index contributed by atoms with van der Waals surface area (Å²) in [5.74, 6) is 0. The van der Waals surface area contributed by atoms with Gasteiger partial charge in [0.05, 0.1) is 4.90 Å². The van der Waals surface area contributed by atoms with Crippen molar-refractivity contribution in [2.45, 2.75) is 23.7 Å². The monoisotopic (exact) mass is 354 g/mol. The van der Waals surface area contributed by atoms with Crippen molar-refractivity contribution in [2.75, 3.05) is 0 Å². The summed E-state index contributed by atoms with van der Waals surface area (Å²) in [6, 6.07) is 10.5. The number of halogens is 1. The van der Waals surface area contributed by atoms with Gasteiger partial charge < -0.3 is 0 Å². The van der Waals surface area contributed by atoms with Crippen molar-refractivity contribution in [2.24, 2.45) is 0 Å². The molecule has 1 heterocycles. The van der Waals surface area contributed by atoms with Gasteiger partial charge in [-0.2, -0.15) is 0 Å². The lowest BCUT2D eigenvalue weighted by Gasteiger charge is -2.07. The Balaban J connectivity index is 2.08. The number of aromatic nitrogens is 1. The SMILES string of the molecule is Cc1ccc(CNS(=O)(=O)c2ccc(CBr)cc2)cn1. The predicted molar refractivity (Wildman–Crippen MR) is 82.1 cm³/mol. The highest BCUT2D eigenvalue weighted by atomic mass is 79.9. The number of sulfonamides is 1. The minimum Gasteiger partial charge on any atom is -0.261 e. The molecule has 20 heavy (non-hydrogen) atoms. The molecule has 0 atom stereocenters. The molecule has 6 heteroatoms. The van der Waals surface area contributed by atoms with Crippen LogP contribution >= 0.6 is 15.9 Å². The molecule has 0 spiro atoms. The fraction of sp³-hybridized carbons (Fsp3) is 0.214. The molecule has 106 valence electrons. The van der Waals surface area contributed by atoms with Gasteiger partial charge in [-0.25, -0.2) is 13.1 Å². The third kappa shape index (κ3) is 3.88. The number of rotatable bonds is 5. The summed E-state index contributed by atoms with van der Waals surface area (Å²) < 4.78 is 26.8. The van der Waals surface area contributed by atoms with Gasteiger partial charge in [-0.15, -0.1) is 0 Å². The lowest BCUT2D eigenvalue weighted by molar-refractivity contribution is 0.581. The Morgan fingerprint density at radius 2 is 1.75 bits per heavy atom. The average Bonchev–Trinajstić information content (AvgIpc) is 2.47. The summed E-state index contributed by atoms with van der Waals surface area (Å²) in [4.78, 5) is 4.40. The lowest BCUT2D eigenvalue weighted by atomic mass is 10.2. The largest absolute Gasteiger partial charge is 0.261 e. The van der Waals surface area contributed by atoms with Crippen LogP contribution in [0.4, 0.5) is 0 Å². The van der Waals surface area contributed by atoms with Crippen LogP contribution in [0.3, 0.4) is 0 Å². The Bertz CT molecular complexity index is 667. The molecule has 0 bridgehead atoms. The van der Waals surface area contributed by atoms with Gasteiger partial charge in [-0.05, 0) is 36.2 Å². The van der Waals surface area contributed by atoms with E-state index in [1.54, 1.807) is 30.5 Å². The van der Waals surface area contributed by atoms with Crippen LogP contribution < -0.4 is 4.72 Å². The van der Waals surface area contributed by atoms with Crippen molar-refractivity contribution >= 4 is 26.0 Å². The number of benzene rings is 1. The van der Waals surface area contributed by atoms with Crippen molar-refractivity contribution in [3.8, 4) is 0 Å². The third-order valence-corrected chi connectivity index (χ3v) is 4.89. The van der Waals surface area contributed by atoms with Crippen molar-refractivity contribution in [1.82, 2.24) is 9.71 Å². The summed E-state index contributed by atoms with van der Waals surface area (Å²) in [6.07, 6.45) is 1.67. The second-order valence-corrected chi connectivity index (χ2v) is 6.74. The number of hydrogen-bond acceptors (Lipinski definition) is 3. The lowest BCUT2D eigenvalue weighted by Crippen LogP contribution is -2.23. The normalized spacial score (nSPS) is 11.5. The van der Waals surface area contributed by atoms with Gasteiger partial charge in [0.15, 0.2) is 0 Å². The molecular weight excluding hydrogens is 340 g/mol. The van der Waals surface area contributed by atoms with Crippen LogP contribution in [0.1, 0.15) is 16.8 Å². The summed E-state index contributed by atoms with van der Waals surface area (Å²) in [7, 11) is -3.49. The number of nitrogens with zero attached hydrogens (tertiary/aromatic N) is 1. The van der Waals surface area contributed by atoms with E-state index in [9.17, 15) is 8.42 Å². The maximum atomic E-state index is 12.1. The second-order valence-electron chi connectivity index (χ2n) is 4.41. The van der Waals surface area contributed by atoms with E-state index in [0.29, 0.717) is 5.33 Å². The predicted octanol–water partition coefficient (Wildman–Crippen LogP) is 2.76. The molecule has 0 aliphatic heterocycles. The van der Waals surface area contributed by atoms with Crippen LogP contribution in [0.25, 0.3) is 0 Å². The van der Waals surface area contributed by atoms with E-state index < -0.39 is 10.0 Å². The van der Waals surface area contributed by atoms with E-state index in [1.165, 1.54) is 0 Å². The fourth-order valence-corrected chi connectivity index (χ4v) is 3.01. The van der Waals surface area contributed by atoms with Gasteiger partial charge in [0.2, 0.25) is 10.0 Å². The molecule has 0 unspecified atom stereocenters. The Morgan fingerprint density at radius 3 is 2.30 bits per heavy atom. The molecule has 2 rings (SSSR count). The molecule has 1 N–H and O–H groups in total. The fourth-order valence-electron chi connectivity index (χ4n) is 1.62. The quantitative estimate of drug-likeness (QED) is 0.839. The van der Waals surface area contributed by atoms with Gasteiger partial charge in [0, 0.05) is 23.8 Å². The molecule has 0 saturated heterocycles. The molecule has 0 fully saturated rings. The van der Waals surface area contributed by atoms with Crippen LogP contribution in [-0.4, -0.2) is 13.4 Å². The van der Waals surface area contributed by atoms with E-state index in [0.717, 1.165) is 16.8 Å². The average molecular weight is 355 g/mol. The van der Waals surface area contributed by atoms with Gasteiger partial charge in [0.25, 0.3) is 0 Å². The summed E-state index contributed by atoms with van der Waals surface area (Å²) in [6.45, 7) is 2.12. The first-order chi connectivity index (χ1) is 9.51. The van der Waals surface area contributed by atoms with E-state index in [-0.39, 0.29) is 11.4 Å². The van der Waals surface area contributed by atoms with E-state index in [1.807, 2.05) is 19.1 Å². The first kappa shape index (κ1) is 15.2. The summed E-state index contributed by atoms with van der Waals surface area (Å²) in [5.41, 5.74) is 2.77. The molecule has 4 nitrogen and oxygen atoms in total. The van der Waals surface area contributed by atoms with Gasteiger partial charge in [-0.3, -0.25) is 4.98 Å². The topological polar surface area (TPSA) is 59.1 Å². The molecule has 2 aromatic rings. The minimum atomic E-state index is -3.49. The van der Waals surface area contributed by atoms with Gasteiger partial charge in [0.1, 0.15) is 0 Å². The van der Waals surface area contributed by atoms with Crippen LogP contribution in [0.5, 0.6) is 0 Å². The number of aryl methyl sites for hydroxylation is 1. The number of nitrogens with one attached hydrogen (secondary N) is 1. The number of hydrogen-bond donors (Lipinski definition) is 1. The Morgan fingerprint density at radius 1 is 1.10 bits per heavy atom. The molecule has 0 saturated carbocycles. The molecule has 0 radical (unpaired) electrons. The van der Waals surface area contributed by atoms with E-state index in [4.69, 9.17) is 0 Å². The molecule has 0 aliphatic rings. The Hall–Kier alpha value is -1.24. The van der Waals surface area contributed by atoms with Crippen LogP contribution in [0.15, 0.2) is 47.5 Å². The first-order valence-electron chi connectivity index (χ1n) is 6.07. The second kappa shape index (κ2) is 6.47. The Kier molecular flexibility index (Phi) is 4.91. The zero-order valence-corrected chi connectivity index (χ0v) is 13.4. The summed E-state index contributed by atoms with van der Waals surface area (Å²) >= 11 is 3.33. The highest BCUT2D eigenvalue weighted by molar-refractivity contribution is 9.08. The number of alkyl halides is 1. The van der Waals surface area contributed by atoms with E-state index >= 15 is 0 Å². The molecule has 1 aromatic carbocycles. The van der Waals surface area contributed by atoms with Crippen LogP contribution in [0, 0.1) is 6.92 Å². The maximum absolute atomic E-state index is 12.1. The van der Waals surface area contributed by atoms with E-state index in [2.05, 4.69) is 25.6 Å². The zero-order valence-electron chi connectivity index (χ0n) is 11.0. The molecular formula is C14H15BrN2O2S. The smallest absolute Gasteiger partial charge is 0.240 e. The van der Waals surface area contributed by atoms with Crippen LogP contribution in [-0.2, 0) is 21.9 Å². The highest BCUT2D eigenvalue weighted by Crippen LogP contribution is 2.13. The Labute approximate surface area is 127 Å². The zero-order chi connectivity index (χ0) is 14.6. The van der Waals surface area contributed by atoms with Crippen molar-refractivity contribution in [3.63, 3.8) is 0 Å². The standard InChI is InChI=1S/C14H15BrN2O2S/c1-11-2-3-13(9-16-11)10-17-20(18,19)14-6-4-12(8-15)5-7-14/h2-7,9,17H,8,10H2,1H3. The van der Waals surface area contributed by atoms with Crippen molar-refractivity contribution in [1.29, 1.82) is 0 Å². The van der Waals surface area contributed by atoms with Gasteiger partial charge in [-0.1, -0.05) is 34.1 Å². The van der Waals surface area contributed by atoms with Crippen molar-refractivity contribution in [3.05, 3.63) is 59.4 Å². The van der Waals surface area contributed by atoms with Crippen molar-refractivity contribution < 1.29 is 8.42 Å². The molecule has 0 aliphatic carbocycles. The molecule has 0 amide bonds. The minimum absolute atomic E-state index is 0.232. The van der Waals surface area contributed by atoms with Gasteiger partial charge >= 0.3 is 0 Å². The first-order valence-corrected chi connectivity index (χ1v) is 8.68. The number of pyridine rings is 1.